The van der Waals surface area contributed by atoms with E-state index < -0.39 is 12.1 Å². The molecule has 1 unspecified atom stereocenters. The highest BCUT2D eigenvalue weighted by molar-refractivity contribution is 5.89. The predicted molar refractivity (Wildman–Crippen MR) is 173 cm³/mol. The van der Waals surface area contributed by atoms with Crippen molar-refractivity contribution >= 4 is 17.7 Å². The lowest BCUT2D eigenvalue weighted by molar-refractivity contribution is -0.149. The van der Waals surface area contributed by atoms with Crippen molar-refractivity contribution in [3.8, 4) is 17.2 Å². The van der Waals surface area contributed by atoms with Crippen LogP contribution in [0.25, 0.3) is 0 Å². The Hall–Kier alpha value is -4.93. The molecule has 0 radical (unpaired) electrons. The molecule has 242 valence electrons. The number of aliphatic carboxylic acids is 1. The Balaban J connectivity index is 1.30. The van der Waals surface area contributed by atoms with Gasteiger partial charge in [-0.15, -0.1) is 0 Å². The third-order valence-corrected chi connectivity index (χ3v) is 6.89. The van der Waals surface area contributed by atoms with Gasteiger partial charge in [-0.2, -0.15) is 0 Å². The molecule has 4 rings (SSSR count). The van der Waals surface area contributed by atoms with Gasteiger partial charge in [-0.05, 0) is 85.1 Å². The van der Waals surface area contributed by atoms with E-state index in [2.05, 4.69) is 5.32 Å². The van der Waals surface area contributed by atoms with E-state index in [0.717, 1.165) is 16.9 Å². The number of halogens is 1. The van der Waals surface area contributed by atoms with E-state index >= 15 is 0 Å². The van der Waals surface area contributed by atoms with Crippen molar-refractivity contribution < 1.29 is 38.0 Å². The lowest BCUT2D eigenvalue weighted by Crippen LogP contribution is -2.39. The van der Waals surface area contributed by atoms with Crippen LogP contribution in [0.4, 0.5) is 14.9 Å². The molecule has 0 saturated heterocycles. The van der Waals surface area contributed by atoms with Gasteiger partial charge in [0.2, 0.25) is 0 Å². The van der Waals surface area contributed by atoms with E-state index in [1.165, 1.54) is 12.1 Å². The molecule has 0 aromatic heterocycles. The molecule has 0 heterocycles. The van der Waals surface area contributed by atoms with Crippen LogP contribution in [0.1, 0.15) is 24.5 Å². The highest BCUT2D eigenvalue weighted by Gasteiger charge is 2.18. The number of anilines is 1. The van der Waals surface area contributed by atoms with E-state index in [1.54, 1.807) is 72.5 Å². The Morgan fingerprint density at radius 3 is 2.13 bits per heavy atom. The van der Waals surface area contributed by atoms with Crippen molar-refractivity contribution in [1.82, 2.24) is 4.90 Å². The molecule has 0 aliphatic rings. The fourth-order valence-electron chi connectivity index (χ4n) is 4.50. The molecule has 4 aromatic rings. The molecule has 1 atom stereocenters. The third kappa shape index (κ3) is 11.5. The van der Waals surface area contributed by atoms with Crippen molar-refractivity contribution in [2.45, 2.75) is 32.5 Å². The quantitative estimate of drug-likeness (QED) is 0.112. The highest BCUT2D eigenvalue weighted by Crippen LogP contribution is 2.23. The summed E-state index contributed by atoms with van der Waals surface area (Å²) in [5, 5.41) is 12.3. The summed E-state index contributed by atoms with van der Waals surface area (Å²) in [6.07, 6.45) is -0.0753. The summed E-state index contributed by atoms with van der Waals surface area (Å²) in [5.41, 5.74) is 2.30. The zero-order chi connectivity index (χ0) is 32.6. The van der Waals surface area contributed by atoms with Crippen LogP contribution in [0.5, 0.6) is 17.2 Å². The number of hydrogen-bond acceptors (Lipinski definition) is 6. The standard InChI is InChI=1S/C36H39FN2O7/c1-2-44-34(35(40)41)25-27-11-17-31(18-12-27)45-24-22-39(21-6-23-43-26-28-9-13-29(37)14-10-28)36(42)38-30-15-19-33(20-16-30)46-32-7-4-3-5-8-32/h3-5,7-20,34H,2,6,21-26H2,1H3,(H,38,42)(H,40,41). The first-order valence-electron chi connectivity index (χ1n) is 15.2. The number of benzene rings is 4. The Kier molecular flexibility index (Phi) is 13.4. The van der Waals surface area contributed by atoms with Gasteiger partial charge < -0.3 is 34.3 Å². The van der Waals surface area contributed by atoms with Gasteiger partial charge in [-0.1, -0.05) is 42.5 Å². The maximum atomic E-state index is 13.3. The van der Waals surface area contributed by atoms with Crippen LogP contribution in [0, 0.1) is 5.82 Å². The van der Waals surface area contributed by atoms with E-state index in [4.69, 9.17) is 18.9 Å². The molecule has 2 N–H and O–H groups in total. The maximum Gasteiger partial charge on any atom is 0.333 e. The number of carboxylic acids is 1. The number of urea groups is 1. The molecular weight excluding hydrogens is 591 g/mol. The highest BCUT2D eigenvalue weighted by atomic mass is 19.1. The number of hydrogen-bond donors (Lipinski definition) is 2. The first kappa shape index (κ1) is 34.0. The molecule has 2 amide bonds. The zero-order valence-corrected chi connectivity index (χ0v) is 25.8. The molecule has 0 bridgehead atoms. The van der Waals surface area contributed by atoms with Gasteiger partial charge in [-0.3, -0.25) is 0 Å². The van der Waals surface area contributed by atoms with E-state index in [-0.39, 0.29) is 24.9 Å². The number of carbonyl (C=O) groups is 2. The van der Waals surface area contributed by atoms with Crippen molar-refractivity contribution in [2.24, 2.45) is 0 Å². The first-order chi connectivity index (χ1) is 22.4. The Bertz CT molecular complexity index is 1480. The minimum absolute atomic E-state index is 0.240. The first-order valence-corrected chi connectivity index (χ1v) is 15.2. The Labute approximate surface area is 268 Å². The summed E-state index contributed by atoms with van der Waals surface area (Å²) in [7, 11) is 0. The predicted octanol–water partition coefficient (Wildman–Crippen LogP) is 7.17. The Morgan fingerprint density at radius 2 is 1.46 bits per heavy atom. The van der Waals surface area contributed by atoms with E-state index in [1.807, 2.05) is 30.3 Å². The van der Waals surface area contributed by atoms with Crippen LogP contribution in [0.3, 0.4) is 0 Å². The number of rotatable bonds is 18. The molecule has 0 aliphatic heterocycles. The number of para-hydroxylation sites is 1. The second-order valence-electron chi connectivity index (χ2n) is 10.4. The van der Waals surface area contributed by atoms with Gasteiger partial charge in [0.15, 0.2) is 6.10 Å². The van der Waals surface area contributed by atoms with Crippen LogP contribution >= 0.6 is 0 Å². The monoisotopic (exact) mass is 630 g/mol. The number of amides is 2. The molecular formula is C36H39FN2O7. The van der Waals surface area contributed by atoms with Gasteiger partial charge in [0.1, 0.15) is 29.7 Å². The summed E-state index contributed by atoms with van der Waals surface area (Å²) in [6, 6.07) is 29.6. The van der Waals surface area contributed by atoms with E-state index in [9.17, 15) is 19.1 Å². The summed E-state index contributed by atoms with van der Waals surface area (Å²) in [6.45, 7) is 3.80. The van der Waals surface area contributed by atoms with Gasteiger partial charge in [0.25, 0.3) is 0 Å². The molecule has 0 spiro atoms. The van der Waals surface area contributed by atoms with Crippen LogP contribution in [0.2, 0.25) is 0 Å². The van der Waals surface area contributed by atoms with Gasteiger partial charge in [0, 0.05) is 31.9 Å². The Morgan fingerprint density at radius 1 is 0.804 bits per heavy atom. The lowest BCUT2D eigenvalue weighted by atomic mass is 10.1. The molecule has 46 heavy (non-hydrogen) atoms. The number of nitrogens with zero attached hydrogens (tertiary/aromatic N) is 1. The van der Waals surface area contributed by atoms with Gasteiger partial charge in [0.05, 0.1) is 13.2 Å². The molecule has 0 fully saturated rings. The lowest BCUT2D eigenvalue weighted by Gasteiger charge is -2.23. The number of carbonyl (C=O) groups excluding carboxylic acids is 1. The van der Waals surface area contributed by atoms with E-state index in [0.29, 0.717) is 56.5 Å². The second kappa shape index (κ2) is 18.1. The van der Waals surface area contributed by atoms with Crippen molar-refractivity contribution in [1.29, 1.82) is 0 Å². The smallest absolute Gasteiger partial charge is 0.333 e. The van der Waals surface area contributed by atoms with Crippen LogP contribution in [-0.4, -0.2) is 61.0 Å². The average Bonchev–Trinajstić information content (AvgIpc) is 3.06. The molecule has 0 aliphatic carbocycles. The minimum Gasteiger partial charge on any atom is -0.492 e. The normalized spacial score (nSPS) is 11.4. The van der Waals surface area contributed by atoms with Crippen LogP contribution in [0.15, 0.2) is 103 Å². The van der Waals surface area contributed by atoms with Crippen LogP contribution in [-0.2, 0) is 27.3 Å². The van der Waals surface area contributed by atoms with Crippen molar-refractivity contribution in [3.05, 3.63) is 120 Å². The van der Waals surface area contributed by atoms with Crippen molar-refractivity contribution in [3.63, 3.8) is 0 Å². The fraction of sp³-hybridized carbons (Fsp3) is 0.278. The molecule has 9 nitrogen and oxygen atoms in total. The maximum absolute atomic E-state index is 13.3. The third-order valence-electron chi connectivity index (χ3n) is 6.89. The van der Waals surface area contributed by atoms with Crippen molar-refractivity contribution in [2.75, 3.05) is 38.2 Å². The summed E-state index contributed by atoms with van der Waals surface area (Å²) in [5.74, 6) is 0.670. The molecule has 10 heteroatoms. The minimum atomic E-state index is -1.00. The number of nitrogens with one attached hydrogen (secondary N) is 1. The van der Waals surface area contributed by atoms with Gasteiger partial charge >= 0.3 is 12.0 Å². The molecule has 4 aromatic carbocycles. The summed E-state index contributed by atoms with van der Waals surface area (Å²) >= 11 is 0. The number of ether oxygens (including phenoxy) is 4. The second-order valence-corrected chi connectivity index (χ2v) is 10.4. The summed E-state index contributed by atoms with van der Waals surface area (Å²) < 4.78 is 35.9. The zero-order valence-electron chi connectivity index (χ0n) is 25.8. The largest absolute Gasteiger partial charge is 0.492 e. The molecule has 0 saturated carbocycles. The topological polar surface area (TPSA) is 107 Å². The summed E-state index contributed by atoms with van der Waals surface area (Å²) in [4.78, 5) is 26.3. The van der Waals surface area contributed by atoms with Crippen LogP contribution < -0.4 is 14.8 Å². The van der Waals surface area contributed by atoms with Gasteiger partial charge in [-0.25, -0.2) is 14.0 Å². The average molecular weight is 631 g/mol. The SMILES string of the molecule is CCOC(Cc1ccc(OCCN(CCCOCc2ccc(F)cc2)C(=O)Nc2ccc(Oc3ccccc3)cc2)cc1)C(=O)O. The number of carboxylic acid groups (broad SMARTS) is 1. The fourth-order valence-corrected chi connectivity index (χ4v) is 4.50.